The normalized spacial score (nSPS) is 16.1. The zero-order valence-corrected chi connectivity index (χ0v) is 18.3. The molecule has 0 aliphatic carbocycles. The van der Waals surface area contributed by atoms with E-state index >= 15 is 0 Å². The third kappa shape index (κ3) is 4.29. The summed E-state index contributed by atoms with van der Waals surface area (Å²) in [5.41, 5.74) is 1.95. The minimum absolute atomic E-state index is 0.0713. The average molecular weight is 427 g/mol. The average Bonchev–Trinajstić information content (AvgIpc) is 3.26. The Morgan fingerprint density at radius 3 is 2.50 bits per heavy atom. The lowest BCUT2D eigenvalue weighted by atomic mass is 9.88. The van der Waals surface area contributed by atoms with Gasteiger partial charge in [0, 0.05) is 36.5 Å². The molecule has 0 spiro atoms. The predicted octanol–water partition coefficient (Wildman–Crippen LogP) is 7.42. The Bertz CT molecular complexity index is 1640. The molecule has 0 aliphatic rings. The first-order valence-corrected chi connectivity index (χ1v) is 10.6. The van der Waals surface area contributed by atoms with Crippen LogP contribution in [0.25, 0.3) is 33.3 Å². The third-order valence-electron chi connectivity index (χ3n) is 5.03. The van der Waals surface area contributed by atoms with Gasteiger partial charge >= 0.3 is 0 Å². The van der Waals surface area contributed by atoms with Crippen molar-refractivity contribution in [2.75, 3.05) is 0 Å². The smallest absolute Gasteiger partial charge is 0.227 e. The number of aromatic nitrogens is 2. The maximum atomic E-state index is 8.67. The van der Waals surface area contributed by atoms with E-state index in [2.05, 4.69) is 9.97 Å². The van der Waals surface area contributed by atoms with Crippen LogP contribution in [0.2, 0.25) is 0 Å². The lowest BCUT2D eigenvalue weighted by Crippen LogP contribution is -2.09. The summed E-state index contributed by atoms with van der Waals surface area (Å²) in [5.74, 6) is 0. The molecule has 0 N–H and O–H groups in total. The van der Waals surface area contributed by atoms with E-state index in [1.165, 1.54) is 6.07 Å². The summed E-state index contributed by atoms with van der Waals surface area (Å²) in [5, 5.41) is 1.43. The van der Waals surface area contributed by atoms with Gasteiger partial charge in [-0.25, -0.2) is 4.98 Å². The number of rotatable bonds is 5. The van der Waals surface area contributed by atoms with E-state index in [-0.39, 0.29) is 17.0 Å². The van der Waals surface area contributed by atoms with Crippen LogP contribution < -0.4 is 0 Å². The Morgan fingerprint density at radius 2 is 1.69 bits per heavy atom. The fourth-order valence-corrected chi connectivity index (χ4v) is 3.70. The van der Waals surface area contributed by atoms with E-state index in [1.807, 2.05) is 39.0 Å². The van der Waals surface area contributed by atoms with Crippen molar-refractivity contribution in [2.24, 2.45) is 5.41 Å². The Balaban J connectivity index is 1.63. The van der Waals surface area contributed by atoms with Gasteiger partial charge < -0.3 is 4.42 Å². The topological polar surface area (TPSA) is 38.9 Å². The monoisotopic (exact) mass is 426 g/mol. The first kappa shape index (κ1) is 14.6. The van der Waals surface area contributed by atoms with Gasteiger partial charge in [-0.1, -0.05) is 63.2 Å². The van der Waals surface area contributed by atoms with Crippen LogP contribution in [-0.4, -0.2) is 9.97 Å². The number of benzene rings is 2. The highest BCUT2D eigenvalue weighted by atomic mass is 16.3. The predicted molar refractivity (Wildman–Crippen MR) is 132 cm³/mol. The molecule has 0 radical (unpaired) electrons. The molecule has 3 aromatic heterocycles. The molecule has 2 aromatic carbocycles. The highest BCUT2D eigenvalue weighted by Crippen LogP contribution is 2.35. The summed E-state index contributed by atoms with van der Waals surface area (Å²) in [6, 6.07) is 20.4. The van der Waals surface area contributed by atoms with Crippen molar-refractivity contribution >= 4 is 22.1 Å². The van der Waals surface area contributed by atoms with Gasteiger partial charge in [-0.2, -0.15) is 0 Å². The molecule has 0 aliphatic heterocycles. The minimum atomic E-state index is -2.43. The number of hydrogen-bond donors (Lipinski definition) is 0. The Morgan fingerprint density at radius 1 is 0.844 bits per heavy atom. The van der Waals surface area contributed by atoms with Crippen LogP contribution >= 0.6 is 0 Å². The quantitative estimate of drug-likeness (QED) is 0.293. The van der Waals surface area contributed by atoms with Crippen molar-refractivity contribution in [1.29, 1.82) is 0 Å². The molecule has 0 bridgehead atoms. The van der Waals surface area contributed by atoms with E-state index in [0.29, 0.717) is 27.8 Å². The van der Waals surface area contributed by atoms with Crippen LogP contribution in [0.15, 0.2) is 83.4 Å². The number of aryl methyl sites for hydroxylation is 2. The van der Waals surface area contributed by atoms with Crippen molar-refractivity contribution < 1.29 is 12.6 Å². The first-order valence-electron chi connectivity index (χ1n) is 13.6. The lowest BCUT2D eigenvalue weighted by Gasteiger charge is -2.18. The highest BCUT2D eigenvalue weighted by molar-refractivity contribution is 6.08. The largest absolute Gasteiger partial charge is 0.437 e. The number of nitrogens with zero attached hydrogens (tertiary/aromatic N) is 2. The molecule has 0 unspecified atom stereocenters. The first-order chi connectivity index (χ1) is 17.7. The molecule has 160 valence electrons. The Hall–Kier alpha value is -3.46. The summed E-state index contributed by atoms with van der Waals surface area (Å²) < 4.78 is 57.9. The van der Waals surface area contributed by atoms with E-state index in [4.69, 9.17) is 12.6 Å². The Labute approximate surface area is 197 Å². The molecule has 3 heterocycles. The second-order valence-electron chi connectivity index (χ2n) is 8.75. The van der Waals surface area contributed by atoms with E-state index in [9.17, 15) is 0 Å². The number of pyridine rings is 2. The number of furan rings is 1. The van der Waals surface area contributed by atoms with Crippen LogP contribution in [0.4, 0.5) is 0 Å². The van der Waals surface area contributed by atoms with Gasteiger partial charge in [0.15, 0.2) is 0 Å². The molecule has 32 heavy (non-hydrogen) atoms. The summed E-state index contributed by atoms with van der Waals surface area (Å²) in [4.78, 5) is 8.93. The standard InChI is InChI=1S/C29H28N2O/c1-29(2,3)19-21-16-17-30-26(18-21)25-11-7-10-23-24-15-14-22(31-28(24)32-27(23)25)13-12-20-8-5-4-6-9-20/h4-11,14-18H,12-13,19H2,1-3H3/i12D2,13D2,19D2. The summed E-state index contributed by atoms with van der Waals surface area (Å²) in [6.07, 6.45) is -4.76. The van der Waals surface area contributed by atoms with Crippen LogP contribution in [0.5, 0.6) is 0 Å². The molecule has 5 aromatic rings. The molecule has 0 atom stereocenters. The van der Waals surface area contributed by atoms with E-state index in [1.54, 1.807) is 54.7 Å². The fourth-order valence-electron chi connectivity index (χ4n) is 3.70. The van der Waals surface area contributed by atoms with E-state index < -0.39 is 24.5 Å². The molecule has 0 saturated heterocycles. The second-order valence-corrected chi connectivity index (χ2v) is 8.75. The van der Waals surface area contributed by atoms with Crippen LogP contribution in [0.1, 0.15) is 45.8 Å². The van der Waals surface area contributed by atoms with Crippen molar-refractivity contribution in [3.05, 3.63) is 95.8 Å². The third-order valence-corrected chi connectivity index (χ3v) is 5.03. The molecular weight excluding hydrogens is 392 g/mol. The van der Waals surface area contributed by atoms with Gasteiger partial charge in [0.1, 0.15) is 5.58 Å². The molecule has 0 saturated carbocycles. The number of hydrogen-bond acceptors (Lipinski definition) is 3. The zero-order valence-electron chi connectivity index (χ0n) is 24.3. The van der Waals surface area contributed by atoms with Crippen molar-refractivity contribution in [3.63, 3.8) is 0 Å². The molecule has 0 amide bonds. The van der Waals surface area contributed by atoms with Crippen molar-refractivity contribution in [1.82, 2.24) is 9.97 Å². The van der Waals surface area contributed by atoms with Gasteiger partial charge in [-0.15, -0.1) is 0 Å². The van der Waals surface area contributed by atoms with Crippen LogP contribution in [0, 0.1) is 5.41 Å². The summed E-state index contributed by atoms with van der Waals surface area (Å²) in [7, 11) is 0. The molecule has 3 nitrogen and oxygen atoms in total. The fraction of sp³-hybridized carbons (Fsp3) is 0.241. The number of fused-ring (bicyclic) bond motifs is 3. The van der Waals surface area contributed by atoms with Crippen molar-refractivity contribution in [3.8, 4) is 11.3 Å². The zero-order chi connectivity index (χ0) is 27.5. The SMILES string of the molecule is [2H]C([2H])(c1ccnc(-c2cccc3c2oc2nc(C([2H])([2H])C([2H])([2H])c4ccccc4)ccc23)c1)C(C)(C)C. The highest BCUT2D eigenvalue weighted by Gasteiger charge is 2.16. The van der Waals surface area contributed by atoms with Gasteiger partial charge in [-0.05, 0) is 66.0 Å². The van der Waals surface area contributed by atoms with Crippen molar-refractivity contribution in [2.45, 2.75) is 39.9 Å². The maximum absolute atomic E-state index is 8.67. The van der Waals surface area contributed by atoms with E-state index in [0.717, 1.165) is 5.39 Å². The molecular formula is C29H28N2O. The summed E-state index contributed by atoms with van der Waals surface area (Å²) in [6.45, 7) is 5.57. The van der Waals surface area contributed by atoms with Crippen LogP contribution in [-0.2, 0) is 19.1 Å². The van der Waals surface area contributed by atoms with Gasteiger partial charge in [0.2, 0.25) is 5.71 Å². The van der Waals surface area contributed by atoms with Gasteiger partial charge in [0.25, 0.3) is 0 Å². The van der Waals surface area contributed by atoms with Gasteiger partial charge in [0.05, 0.1) is 5.69 Å². The lowest BCUT2D eigenvalue weighted by molar-refractivity contribution is 0.411. The number of para-hydroxylation sites is 1. The minimum Gasteiger partial charge on any atom is -0.437 e. The maximum Gasteiger partial charge on any atom is 0.227 e. The molecule has 5 rings (SSSR count). The van der Waals surface area contributed by atoms with Crippen LogP contribution in [0.3, 0.4) is 0 Å². The molecule has 0 fully saturated rings. The molecule has 3 heteroatoms. The summed E-state index contributed by atoms with van der Waals surface area (Å²) >= 11 is 0. The Kier molecular flexibility index (Phi) is 3.75. The second kappa shape index (κ2) is 8.23. The van der Waals surface area contributed by atoms with Gasteiger partial charge in [-0.3, -0.25) is 4.98 Å².